The average Bonchev–Trinajstić information content (AvgIpc) is 3.01. The number of carbonyl (C=O) groups is 1. The van der Waals surface area contributed by atoms with Gasteiger partial charge in [-0.25, -0.2) is 13.6 Å². The van der Waals surface area contributed by atoms with Gasteiger partial charge in [0.05, 0.1) is 5.70 Å². The van der Waals surface area contributed by atoms with Crippen molar-refractivity contribution in [2.45, 2.75) is 38.0 Å². The number of nitrogens with zero attached hydrogens (tertiary/aromatic N) is 1. The molecule has 2 aromatic rings. The first-order valence-corrected chi connectivity index (χ1v) is 9.93. The quantitative estimate of drug-likeness (QED) is 0.437. The SMILES string of the molecule is CCCCCC1=C(c2ccc(-c3ccc(F)c(F)c3)cc2)N(F)C(C(=O)O)S1. The van der Waals surface area contributed by atoms with Gasteiger partial charge in [0.2, 0.25) is 5.37 Å². The van der Waals surface area contributed by atoms with Crippen LogP contribution in [0.1, 0.15) is 38.2 Å². The molecule has 1 aliphatic heterocycles. The number of thioether (sulfide) groups is 1. The Morgan fingerprint density at radius 3 is 2.29 bits per heavy atom. The van der Waals surface area contributed by atoms with Crippen molar-refractivity contribution < 1.29 is 23.2 Å². The molecule has 1 heterocycles. The lowest BCUT2D eigenvalue weighted by molar-refractivity contribution is -0.142. The molecule has 3 rings (SSSR count). The molecule has 0 saturated heterocycles. The predicted octanol–water partition coefficient (Wildman–Crippen LogP) is 6.22. The molecule has 0 aromatic heterocycles. The third-order valence-electron chi connectivity index (χ3n) is 4.57. The van der Waals surface area contributed by atoms with Gasteiger partial charge >= 0.3 is 5.97 Å². The van der Waals surface area contributed by atoms with E-state index in [0.29, 0.717) is 33.1 Å². The van der Waals surface area contributed by atoms with Gasteiger partial charge in [-0.1, -0.05) is 66.3 Å². The number of halogens is 3. The zero-order valence-corrected chi connectivity index (χ0v) is 16.1. The minimum absolute atomic E-state index is 0.269. The van der Waals surface area contributed by atoms with Crippen LogP contribution in [-0.2, 0) is 4.79 Å². The third kappa shape index (κ3) is 4.19. The van der Waals surface area contributed by atoms with Crippen molar-refractivity contribution >= 4 is 23.4 Å². The maximum absolute atomic E-state index is 14.8. The molecule has 0 radical (unpaired) electrons. The highest BCUT2D eigenvalue weighted by Gasteiger charge is 2.38. The van der Waals surface area contributed by atoms with E-state index in [1.54, 1.807) is 24.3 Å². The third-order valence-corrected chi connectivity index (χ3v) is 5.86. The molecule has 1 N–H and O–H groups in total. The van der Waals surface area contributed by atoms with Gasteiger partial charge in [0.25, 0.3) is 0 Å². The summed E-state index contributed by atoms with van der Waals surface area (Å²) >= 11 is 1.02. The van der Waals surface area contributed by atoms with Gasteiger partial charge in [0.15, 0.2) is 11.6 Å². The fourth-order valence-corrected chi connectivity index (χ4v) is 4.26. The van der Waals surface area contributed by atoms with Crippen molar-refractivity contribution in [1.29, 1.82) is 0 Å². The summed E-state index contributed by atoms with van der Waals surface area (Å²) in [6.45, 7) is 2.07. The molecule has 1 atom stereocenters. The predicted molar refractivity (Wildman–Crippen MR) is 105 cm³/mol. The van der Waals surface area contributed by atoms with Crippen LogP contribution in [-0.4, -0.2) is 21.6 Å². The topological polar surface area (TPSA) is 40.5 Å². The molecule has 28 heavy (non-hydrogen) atoms. The first kappa shape index (κ1) is 20.3. The van der Waals surface area contributed by atoms with Gasteiger partial charge < -0.3 is 5.11 Å². The normalized spacial score (nSPS) is 16.7. The van der Waals surface area contributed by atoms with Crippen molar-refractivity contribution in [3.05, 3.63) is 64.6 Å². The lowest BCUT2D eigenvalue weighted by atomic mass is 10.0. The van der Waals surface area contributed by atoms with Gasteiger partial charge in [0, 0.05) is 10.5 Å². The molecule has 148 valence electrons. The summed E-state index contributed by atoms with van der Waals surface area (Å²) in [6.07, 6.45) is 3.47. The second kappa shape index (κ2) is 8.73. The summed E-state index contributed by atoms with van der Waals surface area (Å²) in [5, 5.41) is 8.30. The monoisotopic (exact) mass is 407 g/mol. The fourth-order valence-electron chi connectivity index (χ4n) is 3.11. The highest BCUT2D eigenvalue weighted by atomic mass is 32.2. The van der Waals surface area contributed by atoms with Gasteiger partial charge in [-0.2, -0.15) is 5.12 Å². The highest BCUT2D eigenvalue weighted by molar-refractivity contribution is 8.04. The summed E-state index contributed by atoms with van der Waals surface area (Å²) in [4.78, 5) is 12.1. The average molecular weight is 407 g/mol. The van der Waals surface area contributed by atoms with E-state index in [-0.39, 0.29) is 5.70 Å². The molecule has 2 aromatic carbocycles. The number of hydrogen-bond donors (Lipinski definition) is 1. The maximum atomic E-state index is 14.8. The molecule has 3 nitrogen and oxygen atoms in total. The summed E-state index contributed by atoms with van der Waals surface area (Å²) in [5.74, 6) is -3.08. The molecule has 1 aliphatic rings. The van der Waals surface area contributed by atoms with Crippen LogP contribution in [0.3, 0.4) is 0 Å². The number of allylic oxidation sites excluding steroid dienone is 1. The largest absolute Gasteiger partial charge is 0.479 e. The van der Waals surface area contributed by atoms with E-state index in [9.17, 15) is 23.2 Å². The van der Waals surface area contributed by atoms with Crippen LogP contribution >= 0.6 is 11.8 Å². The molecular weight excluding hydrogens is 387 g/mol. The van der Waals surface area contributed by atoms with Gasteiger partial charge in [-0.05, 0) is 36.1 Å². The Labute approximate surface area is 165 Å². The Balaban J connectivity index is 1.91. The molecule has 0 amide bonds. The molecule has 0 fully saturated rings. The highest BCUT2D eigenvalue weighted by Crippen LogP contribution is 2.45. The van der Waals surface area contributed by atoms with Crippen molar-refractivity contribution in [2.75, 3.05) is 0 Å². The van der Waals surface area contributed by atoms with Crippen LogP contribution in [0, 0.1) is 11.6 Å². The Kier molecular flexibility index (Phi) is 6.34. The lowest BCUT2D eigenvalue weighted by Crippen LogP contribution is -2.27. The Bertz CT molecular complexity index is 899. The maximum Gasteiger partial charge on any atom is 0.340 e. The van der Waals surface area contributed by atoms with E-state index in [1.807, 2.05) is 0 Å². The number of carboxylic acids is 1. The zero-order chi connectivity index (χ0) is 20.3. The number of aliphatic carboxylic acids is 1. The number of carboxylic acid groups (broad SMARTS) is 1. The number of benzene rings is 2. The Morgan fingerprint density at radius 1 is 1.04 bits per heavy atom. The molecule has 0 saturated carbocycles. The Morgan fingerprint density at radius 2 is 1.68 bits per heavy atom. The summed E-state index contributed by atoms with van der Waals surface area (Å²) in [5.41, 5.74) is 1.98. The molecule has 0 bridgehead atoms. The van der Waals surface area contributed by atoms with Crippen LogP contribution in [0.5, 0.6) is 0 Å². The Hall–Kier alpha value is -2.41. The minimum Gasteiger partial charge on any atom is -0.479 e. The molecule has 1 unspecified atom stereocenters. The standard InChI is InChI=1S/C21H20F3NO2S/c1-2-3-4-5-18-19(25(24)20(28-18)21(26)27)14-8-6-13(7-9-14)15-10-11-16(22)17(23)12-15/h6-12,20H,2-5H2,1H3,(H,26,27). The van der Waals surface area contributed by atoms with Crippen LogP contribution < -0.4 is 0 Å². The van der Waals surface area contributed by atoms with Gasteiger partial charge in [0.1, 0.15) is 0 Å². The van der Waals surface area contributed by atoms with Crippen LogP contribution in [0.25, 0.3) is 16.8 Å². The fraction of sp³-hybridized carbons (Fsp3) is 0.286. The van der Waals surface area contributed by atoms with Crippen molar-refractivity contribution in [3.63, 3.8) is 0 Å². The molecule has 0 aliphatic carbocycles. The van der Waals surface area contributed by atoms with E-state index >= 15 is 0 Å². The second-order valence-electron chi connectivity index (χ2n) is 6.55. The first-order chi connectivity index (χ1) is 13.4. The first-order valence-electron chi connectivity index (χ1n) is 9.06. The smallest absolute Gasteiger partial charge is 0.340 e. The second-order valence-corrected chi connectivity index (χ2v) is 7.73. The van der Waals surface area contributed by atoms with E-state index < -0.39 is 23.0 Å². The van der Waals surface area contributed by atoms with Crippen molar-refractivity contribution in [2.24, 2.45) is 0 Å². The summed E-state index contributed by atoms with van der Waals surface area (Å²) in [7, 11) is 0. The zero-order valence-electron chi connectivity index (χ0n) is 15.3. The van der Waals surface area contributed by atoms with E-state index in [0.717, 1.165) is 43.2 Å². The van der Waals surface area contributed by atoms with Crippen molar-refractivity contribution in [1.82, 2.24) is 5.12 Å². The number of hydrogen-bond acceptors (Lipinski definition) is 3. The number of unbranched alkanes of at least 4 members (excludes halogenated alkanes) is 2. The van der Waals surface area contributed by atoms with Crippen LogP contribution in [0.15, 0.2) is 47.4 Å². The van der Waals surface area contributed by atoms with Crippen LogP contribution in [0.4, 0.5) is 13.3 Å². The minimum atomic E-state index is -1.29. The lowest BCUT2D eigenvalue weighted by Gasteiger charge is -2.16. The summed E-state index contributed by atoms with van der Waals surface area (Å²) < 4.78 is 41.3. The van der Waals surface area contributed by atoms with Crippen molar-refractivity contribution in [3.8, 4) is 11.1 Å². The van der Waals surface area contributed by atoms with Gasteiger partial charge in [-0.3, -0.25) is 0 Å². The molecule has 7 heteroatoms. The summed E-state index contributed by atoms with van der Waals surface area (Å²) in [6, 6.07) is 10.3. The van der Waals surface area contributed by atoms with E-state index in [1.165, 1.54) is 6.07 Å². The van der Waals surface area contributed by atoms with Gasteiger partial charge in [-0.15, -0.1) is 0 Å². The molecule has 0 spiro atoms. The number of rotatable bonds is 7. The van der Waals surface area contributed by atoms with E-state index in [2.05, 4.69) is 6.92 Å². The van der Waals surface area contributed by atoms with Crippen LogP contribution in [0.2, 0.25) is 0 Å². The molecular formula is C21H20F3NO2S. The van der Waals surface area contributed by atoms with E-state index in [4.69, 9.17) is 0 Å².